The van der Waals surface area contributed by atoms with Gasteiger partial charge in [0.2, 0.25) is 0 Å². The van der Waals surface area contributed by atoms with E-state index in [0.29, 0.717) is 6.61 Å². The van der Waals surface area contributed by atoms with Crippen LogP contribution in [0.1, 0.15) is 25.7 Å². The van der Waals surface area contributed by atoms with E-state index < -0.39 is 0 Å². The number of alkyl halides is 1. The standard InChI is InChI=1S/C6H12ClO2/c7-5-3-1-2-4-6-9-8/h1-6H2. The van der Waals surface area contributed by atoms with Gasteiger partial charge >= 0.3 is 0 Å². The molecule has 0 N–H and O–H groups in total. The Morgan fingerprint density at radius 3 is 2.33 bits per heavy atom. The lowest BCUT2D eigenvalue weighted by atomic mass is 10.2. The number of unbranched alkanes of at least 4 members (excludes halogenated alkanes) is 3. The Kier molecular flexibility index (Phi) is 8.40. The number of halogens is 1. The van der Waals surface area contributed by atoms with Gasteiger partial charge in [-0.2, -0.15) is 0 Å². The first kappa shape index (κ1) is 9.21. The second-order valence-electron chi connectivity index (χ2n) is 1.93. The molecule has 0 aliphatic carbocycles. The highest BCUT2D eigenvalue weighted by molar-refractivity contribution is 6.17. The summed E-state index contributed by atoms with van der Waals surface area (Å²) in [4.78, 5) is 3.64. The van der Waals surface area contributed by atoms with E-state index in [1.807, 2.05) is 0 Å². The van der Waals surface area contributed by atoms with Gasteiger partial charge in [0, 0.05) is 5.88 Å². The zero-order valence-electron chi connectivity index (χ0n) is 5.44. The molecule has 0 fully saturated rings. The van der Waals surface area contributed by atoms with Crippen LogP contribution in [0.4, 0.5) is 0 Å². The summed E-state index contributed by atoms with van der Waals surface area (Å²) in [6.45, 7) is 0.336. The van der Waals surface area contributed by atoms with E-state index in [0.717, 1.165) is 31.6 Å². The summed E-state index contributed by atoms with van der Waals surface area (Å²) in [5, 5.41) is 9.44. The van der Waals surface area contributed by atoms with Crippen molar-refractivity contribution >= 4 is 11.6 Å². The minimum Gasteiger partial charge on any atom is -0.204 e. The zero-order chi connectivity index (χ0) is 6.95. The van der Waals surface area contributed by atoms with Gasteiger partial charge in [0.25, 0.3) is 0 Å². The highest BCUT2D eigenvalue weighted by atomic mass is 35.5. The molecule has 0 unspecified atom stereocenters. The number of hydrogen-bond acceptors (Lipinski definition) is 1. The molecule has 0 bridgehead atoms. The maximum Gasteiger partial charge on any atom is 0.0854 e. The van der Waals surface area contributed by atoms with Crippen LogP contribution in [-0.2, 0) is 10.1 Å². The lowest BCUT2D eigenvalue weighted by Crippen LogP contribution is -1.87. The molecular formula is C6H12ClO2. The van der Waals surface area contributed by atoms with E-state index in [9.17, 15) is 5.26 Å². The average molecular weight is 152 g/mol. The fourth-order valence-electron chi connectivity index (χ4n) is 0.609. The van der Waals surface area contributed by atoms with Gasteiger partial charge in [-0.05, 0) is 18.1 Å². The quantitative estimate of drug-likeness (QED) is 0.248. The highest BCUT2D eigenvalue weighted by Gasteiger charge is 1.87. The molecule has 0 aromatic rings. The average Bonchev–Trinajstić information content (AvgIpc) is 1.89. The Morgan fingerprint density at radius 1 is 1.11 bits per heavy atom. The summed E-state index contributed by atoms with van der Waals surface area (Å²) in [6, 6.07) is 0. The van der Waals surface area contributed by atoms with Crippen LogP contribution in [0.2, 0.25) is 0 Å². The maximum atomic E-state index is 9.44. The smallest absolute Gasteiger partial charge is 0.0854 e. The molecule has 0 saturated carbocycles. The van der Waals surface area contributed by atoms with Crippen molar-refractivity contribution in [2.75, 3.05) is 12.5 Å². The van der Waals surface area contributed by atoms with Crippen molar-refractivity contribution in [2.45, 2.75) is 25.7 Å². The van der Waals surface area contributed by atoms with Crippen LogP contribution in [0, 0.1) is 0 Å². The van der Waals surface area contributed by atoms with E-state index in [-0.39, 0.29) is 0 Å². The molecule has 0 spiro atoms. The third-order valence-corrected chi connectivity index (χ3v) is 1.38. The van der Waals surface area contributed by atoms with Crippen LogP contribution in [-0.4, -0.2) is 12.5 Å². The van der Waals surface area contributed by atoms with E-state index >= 15 is 0 Å². The van der Waals surface area contributed by atoms with Crippen molar-refractivity contribution in [3.63, 3.8) is 0 Å². The second kappa shape index (κ2) is 8.21. The molecular weight excluding hydrogens is 140 g/mol. The maximum absolute atomic E-state index is 9.44. The van der Waals surface area contributed by atoms with Crippen molar-refractivity contribution < 1.29 is 10.1 Å². The van der Waals surface area contributed by atoms with Crippen LogP contribution in [0.3, 0.4) is 0 Å². The first-order valence-electron chi connectivity index (χ1n) is 3.22. The fraction of sp³-hybridized carbons (Fsp3) is 1.00. The first-order chi connectivity index (χ1) is 4.41. The Labute approximate surface area is 60.7 Å². The fourth-order valence-corrected chi connectivity index (χ4v) is 0.798. The van der Waals surface area contributed by atoms with Gasteiger partial charge in [0.15, 0.2) is 0 Å². The van der Waals surface area contributed by atoms with Gasteiger partial charge in [-0.25, -0.2) is 4.89 Å². The Bertz CT molecular complexity index is 44.3. The summed E-state index contributed by atoms with van der Waals surface area (Å²) < 4.78 is 0. The van der Waals surface area contributed by atoms with Gasteiger partial charge in [0.1, 0.15) is 0 Å². The largest absolute Gasteiger partial charge is 0.204 e. The molecule has 0 aromatic carbocycles. The van der Waals surface area contributed by atoms with Gasteiger partial charge in [-0.15, -0.1) is 11.6 Å². The highest BCUT2D eigenvalue weighted by Crippen LogP contribution is 2.00. The van der Waals surface area contributed by atoms with Crippen LogP contribution in [0.25, 0.3) is 0 Å². The monoisotopic (exact) mass is 151 g/mol. The number of hydrogen-bond donors (Lipinski definition) is 0. The Balaban J connectivity index is 2.60. The van der Waals surface area contributed by atoms with E-state index in [4.69, 9.17) is 11.6 Å². The van der Waals surface area contributed by atoms with Crippen LogP contribution >= 0.6 is 11.6 Å². The third kappa shape index (κ3) is 8.21. The zero-order valence-corrected chi connectivity index (χ0v) is 6.19. The molecule has 9 heavy (non-hydrogen) atoms. The molecule has 3 heteroatoms. The van der Waals surface area contributed by atoms with Gasteiger partial charge in [0.05, 0.1) is 6.61 Å². The Morgan fingerprint density at radius 2 is 1.78 bits per heavy atom. The van der Waals surface area contributed by atoms with Crippen LogP contribution < -0.4 is 0 Å². The van der Waals surface area contributed by atoms with Crippen molar-refractivity contribution in [1.82, 2.24) is 0 Å². The summed E-state index contributed by atoms with van der Waals surface area (Å²) >= 11 is 5.42. The predicted octanol–water partition coefficient (Wildman–Crippen LogP) is 2.15. The molecule has 1 radical (unpaired) electrons. The van der Waals surface area contributed by atoms with Crippen LogP contribution in [0.5, 0.6) is 0 Å². The first-order valence-corrected chi connectivity index (χ1v) is 3.76. The van der Waals surface area contributed by atoms with Crippen molar-refractivity contribution in [3.8, 4) is 0 Å². The Hall–Kier alpha value is 0.210. The lowest BCUT2D eigenvalue weighted by Gasteiger charge is -1.94. The predicted molar refractivity (Wildman–Crippen MR) is 35.8 cm³/mol. The molecule has 2 nitrogen and oxygen atoms in total. The molecule has 0 rings (SSSR count). The molecule has 0 aliphatic heterocycles. The molecule has 0 saturated heterocycles. The minimum absolute atomic E-state index is 0.336. The van der Waals surface area contributed by atoms with Gasteiger partial charge in [-0.1, -0.05) is 12.8 Å². The summed E-state index contributed by atoms with van der Waals surface area (Å²) in [7, 11) is 0. The topological polar surface area (TPSA) is 29.1 Å². The van der Waals surface area contributed by atoms with Crippen molar-refractivity contribution in [1.29, 1.82) is 0 Å². The summed E-state index contributed by atoms with van der Waals surface area (Å²) in [6.07, 6.45) is 4.06. The lowest BCUT2D eigenvalue weighted by molar-refractivity contribution is -0.303. The van der Waals surface area contributed by atoms with E-state index in [1.165, 1.54) is 0 Å². The second-order valence-corrected chi connectivity index (χ2v) is 2.30. The van der Waals surface area contributed by atoms with Gasteiger partial charge < -0.3 is 0 Å². The number of rotatable bonds is 6. The molecule has 0 aliphatic rings. The van der Waals surface area contributed by atoms with Gasteiger partial charge in [-0.3, -0.25) is 0 Å². The molecule has 0 aromatic heterocycles. The summed E-state index contributed by atoms with van der Waals surface area (Å²) in [5.41, 5.74) is 0. The third-order valence-electron chi connectivity index (χ3n) is 1.11. The molecule has 55 valence electrons. The van der Waals surface area contributed by atoms with Crippen molar-refractivity contribution in [2.24, 2.45) is 0 Å². The minimum atomic E-state index is 0.336. The SMILES string of the molecule is [O]OCCCCCCCl. The molecule has 0 amide bonds. The van der Waals surface area contributed by atoms with E-state index in [1.54, 1.807) is 0 Å². The molecule has 0 atom stereocenters. The van der Waals surface area contributed by atoms with Crippen molar-refractivity contribution in [3.05, 3.63) is 0 Å². The van der Waals surface area contributed by atoms with Crippen LogP contribution in [0.15, 0.2) is 0 Å². The summed E-state index contributed by atoms with van der Waals surface area (Å²) in [5.74, 6) is 0.720. The molecule has 0 heterocycles. The van der Waals surface area contributed by atoms with E-state index in [2.05, 4.69) is 4.89 Å². The normalized spacial score (nSPS) is 10.0.